The van der Waals surface area contributed by atoms with E-state index in [0.29, 0.717) is 5.69 Å². The van der Waals surface area contributed by atoms with Crippen molar-refractivity contribution >= 4 is 17.5 Å². The number of hydrogen-bond donors (Lipinski definition) is 0. The van der Waals surface area contributed by atoms with Crippen LogP contribution in [-0.2, 0) is 0 Å². The second kappa shape index (κ2) is 4.78. The topological polar surface area (TPSA) is 38.1 Å². The van der Waals surface area contributed by atoms with Gasteiger partial charge in [-0.05, 0) is 18.2 Å². The van der Waals surface area contributed by atoms with Crippen LogP contribution in [0.1, 0.15) is 10.4 Å². The predicted molar refractivity (Wildman–Crippen MR) is 66.5 cm³/mol. The van der Waals surface area contributed by atoms with E-state index in [0.717, 1.165) is 0 Å². The third-order valence-electron chi connectivity index (χ3n) is 2.40. The van der Waals surface area contributed by atoms with Gasteiger partial charge < -0.3 is 4.90 Å². The van der Waals surface area contributed by atoms with Gasteiger partial charge in [-0.1, -0.05) is 17.7 Å². The average Bonchev–Trinajstić information content (AvgIpc) is 2.70. The Balaban J connectivity index is 2.46. The molecule has 1 aromatic carbocycles. The van der Waals surface area contributed by atoms with Crippen LogP contribution in [0.3, 0.4) is 0 Å². The summed E-state index contributed by atoms with van der Waals surface area (Å²) in [4.78, 5) is 13.2. The first-order valence-electron chi connectivity index (χ1n) is 5.22. The summed E-state index contributed by atoms with van der Waals surface area (Å²) in [6.07, 6.45) is 1.37. The zero-order chi connectivity index (χ0) is 13.3. The molecule has 0 aliphatic carbocycles. The number of nitrogens with zero attached hydrogens (tertiary/aromatic N) is 3. The summed E-state index contributed by atoms with van der Waals surface area (Å²) in [6.45, 7) is 0. The lowest BCUT2D eigenvalue weighted by molar-refractivity contribution is 0.0828. The second-order valence-corrected chi connectivity index (χ2v) is 4.30. The number of aromatic nitrogens is 2. The van der Waals surface area contributed by atoms with Crippen molar-refractivity contribution in [3.05, 3.63) is 47.0 Å². The Morgan fingerprint density at radius 2 is 2.17 bits per heavy atom. The highest BCUT2D eigenvalue weighted by Gasteiger charge is 2.18. The van der Waals surface area contributed by atoms with Crippen LogP contribution in [0.2, 0.25) is 5.15 Å². The maximum Gasteiger partial charge on any atom is 0.258 e. The third-order valence-corrected chi connectivity index (χ3v) is 2.76. The molecule has 0 saturated heterocycles. The van der Waals surface area contributed by atoms with Crippen molar-refractivity contribution in [2.24, 2.45) is 0 Å². The molecule has 0 N–H and O–H groups in total. The Morgan fingerprint density at radius 1 is 1.44 bits per heavy atom. The number of carbonyl (C=O) groups is 1. The fourth-order valence-corrected chi connectivity index (χ4v) is 1.78. The van der Waals surface area contributed by atoms with E-state index in [4.69, 9.17) is 11.6 Å². The van der Waals surface area contributed by atoms with E-state index in [2.05, 4.69) is 5.10 Å². The number of halogens is 2. The monoisotopic (exact) mass is 267 g/mol. The van der Waals surface area contributed by atoms with Gasteiger partial charge in [-0.25, -0.2) is 9.07 Å². The molecule has 0 fully saturated rings. The Hall–Kier alpha value is -1.88. The predicted octanol–water partition coefficient (Wildman–Crippen LogP) is 2.37. The van der Waals surface area contributed by atoms with Crippen molar-refractivity contribution in [3.8, 4) is 5.69 Å². The molecule has 18 heavy (non-hydrogen) atoms. The quantitative estimate of drug-likeness (QED) is 0.838. The van der Waals surface area contributed by atoms with Gasteiger partial charge in [-0.2, -0.15) is 5.10 Å². The normalized spacial score (nSPS) is 10.4. The zero-order valence-corrected chi connectivity index (χ0v) is 10.6. The van der Waals surface area contributed by atoms with Crippen molar-refractivity contribution < 1.29 is 9.18 Å². The fraction of sp³-hybridized carbons (Fsp3) is 0.167. The van der Waals surface area contributed by atoms with Gasteiger partial charge in [0.2, 0.25) is 0 Å². The van der Waals surface area contributed by atoms with Gasteiger partial charge in [0, 0.05) is 14.1 Å². The zero-order valence-electron chi connectivity index (χ0n) is 9.89. The number of carbonyl (C=O) groups excluding carboxylic acids is 1. The van der Waals surface area contributed by atoms with Crippen LogP contribution >= 0.6 is 11.6 Å². The van der Waals surface area contributed by atoms with Crippen LogP contribution < -0.4 is 0 Å². The first-order valence-corrected chi connectivity index (χ1v) is 5.59. The van der Waals surface area contributed by atoms with E-state index in [1.165, 1.54) is 27.9 Å². The highest BCUT2D eigenvalue weighted by molar-refractivity contribution is 6.33. The van der Waals surface area contributed by atoms with Gasteiger partial charge in [0.15, 0.2) is 0 Å². The van der Waals surface area contributed by atoms with E-state index in [9.17, 15) is 9.18 Å². The molecule has 0 atom stereocenters. The first kappa shape index (κ1) is 12.6. The van der Waals surface area contributed by atoms with E-state index in [1.807, 2.05) is 0 Å². The molecule has 2 aromatic rings. The highest BCUT2D eigenvalue weighted by atomic mass is 35.5. The third kappa shape index (κ3) is 2.22. The molecule has 6 heteroatoms. The molecule has 1 amide bonds. The standard InChI is InChI=1S/C12H11ClFN3O/c1-16(2)12(18)10-7-15-17(11(10)13)9-5-3-4-8(14)6-9/h3-7H,1-2H3. The molecule has 0 bridgehead atoms. The summed E-state index contributed by atoms with van der Waals surface area (Å²) in [5.74, 6) is -0.637. The van der Waals surface area contributed by atoms with E-state index < -0.39 is 0 Å². The average molecular weight is 268 g/mol. The largest absolute Gasteiger partial charge is 0.345 e. The van der Waals surface area contributed by atoms with Gasteiger partial charge in [0.1, 0.15) is 11.0 Å². The van der Waals surface area contributed by atoms with Crippen LogP contribution in [-0.4, -0.2) is 34.7 Å². The van der Waals surface area contributed by atoms with Gasteiger partial charge in [0.05, 0.1) is 17.4 Å². The Morgan fingerprint density at radius 3 is 2.78 bits per heavy atom. The lowest BCUT2D eigenvalue weighted by Gasteiger charge is -2.09. The van der Waals surface area contributed by atoms with Crippen molar-refractivity contribution in [1.29, 1.82) is 0 Å². The Bertz CT molecular complexity index is 595. The minimum absolute atomic E-state index is 0.166. The lowest BCUT2D eigenvalue weighted by Crippen LogP contribution is -2.21. The minimum atomic E-state index is -0.389. The Kier molecular flexibility index (Phi) is 3.34. The molecule has 0 saturated carbocycles. The van der Waals surface area contributed by atoms with Crippen molar-refractivity contribution in [3.63, 3.8) is 0 Å². The van der Waals surface area contributed by atoms with Crippen LogP contribution in [0.5, 0.6) is 0 Å². The van der Waals surface area contributed by atoms with E-state index in [-0.39, 0.29) is 22.4 Å². The molecule has 0 spiro atoms. The minimum Gasteiger partial charge on any atom is -0.345 e. The fourth-order valence-electron chi connectivity index (χ4n) is 1.51. The molecule has 0 aliphatic heterocycles. The van der Waals surface area contributed by atoms with E-state index >= 15 is 0 Å². The van der Waals surface area contributed by atoms with Crippen LogP contribution in [0.4, 0.5) is 4.39 Å². The summed E-state index contributed by atoms with van der Waals surface area (Å²) < 4.78 is 14.4. The van der Waals surface area contributed by atoms with E-state index in [1.54, 1.807) is 26.2 Å². The van der Waals surface area contributed by atoms with Crippen molar-refractivity contribution in [2.75, 3.05) is 14.1 Å². The maximum atomic E-state index is 13.1. The molecule has 2 rings (SSSR count). The van der Waals surface area contributed by atoms with Crippen LogP contribution in [0.15, 0.2) is 30.5 Å². The molecule has 1 aromatic heterocycles. The summed E-state index contributed by atoms with van der Waals surface area (Å²) >= 11 is 6.08. The van der Waals surface area contributed by atoms with Gasteiger partial charge in [-0.3, -0.25) is 4.79 Å². The van der Waals surface area contributed by atoms with Crippen LogP contribution in [0, 0.1) is 5.82 Å². The molecular formula is C12H11ClFN3O. The molecular weight excluding hydrogens is 257 g/mol. The first-order chi connectivity index (χ1) is 8.50. The van der Waals surface area contributed by atoms with Gasteiger partial charge in [0.25, 0.3) is 5.91 Å². The molecule has 1 heterocycles. The van der Waals surface area contributed by atoms with Gasteiger partial charge >= 0.3 is 0 Å². The Labute approximate surface area is 109 Å². The maximum absolute atomic E-state index is 13.1. The molecule has 4 nitrogen and oxygen atoms in total. The summed E-state index contributed by atoms with van der Waals surface area (Å²) in [7, 11) is 3.25. The molecule has 0 aliphatic rings. The lowest BCUT2D eigenvalue weighted by atomic mass is 10.3. The summed E-state index contributed by atoms with van der Waals surface area (Å²) in [5.41, 5.74) is 0.753. The SMILES string of the molecule is CN(C)C(=O)c1cnn(-c2cccc(F)c2)c1Cl. The van der Waals surface area contributed by atoms with Crippen molar-refractivity contribution in [2.45, 2.75) is 0 Å². The number of hydrogen-bond acceptors (Lipinski definition) is 2. The highest BCUT2D eigenvalue weighted by Crippen LogP contribution is 2.21. The molecule has 94 valence electrons. The number of benzene rings is 1. The molecule has 0 radical (unpaired) electrons. The summed E-state index contributed by atoms with van der Waals surface area (Å²) in [5, 5.41) is 4.17. The number of amides is 1. The van der Waals surface area contributed by atoms with Crippen molar-refractivity contribution in [1.82, 2.24) is 14.7 Å². The van der Waals surface area contributed by atoms with Crippen LogP contribution in [0.25, 0.3) is 5.69 Å². The second-order valence-electron chi connectivity index (χ2n) is 3.94. The smallest absolute Gasteiger partial charge is 0.258 e. The van der Waals surface area contributed by atoms with Gasteiger partial charge in [-0.15, -0.1) is 0 Å². The number of rotatable bonds is 2. The summed E-state index contributed by atoms with van der Waals surface area (Å²) in [6, 6.07) is 5.83. The molecule has 0 unspecified atom stereocenters.